The van der Waals surface area contributed by atoms with Crippen LogP contribution in [0.5, 0.6) is 46.0 Å². The lowest BCUT2D eigenvalue weighted by Crippen LogP contribution is -2.34. The Bertz CT molecular complexity index is 2510. The number of cyclic esters (lactones) is 2. The molecule has 0 radical (unpaired) electrons. The SMILES string of the molecule is COc1c(C)c(OC(=O)c2c(C)c(C)c(OC[C@@H]3OC(=O)O[C@H]3COc3c(C)c(C)c(C(=O)Oc4c(C)c(C)c(C(=O)O)c(OC)c4C)c(OC)c3C)c(C)c2OC)c(C)c(C)c1C(=O)O. The molecule has 5 rings (SSSR count). The smallest absolute Gasteiger partial charge is 0.495 e. The summed E-state index contributed by atoms with van der Waals surface area (Å²) in [5.74, 6) is -2.27. The van der Waals surface area contributed by atoms with Gasteiger partial charge in [-0.1, -0.05) is 0 Å². The number of rotatable bonds is 16. The first kappa shape index (κ1) is 49.8. The molecule has 4 aromatic carbocycles. The van der Waals surface area contributed by atoms with Gasteiger partial charge in [-0.3, -0.25) is 0 Å². The lowest BCUT2D eigenvalue weighted by atomic mass is 9.95. The number of aromatic carboxylic acids is 2. The number of benzene rings is 4. The minimum atomic E-state index is -1.17. The van der Waals surface area contributed by atoms with Gasteiger partial charge in [0.25, 0.3) is 0 Å². The summed E-state index contributed by atoms with van der Waals surface area (Å²) in [6.07, 6.45) is -2.81. The normalized spacial score (nSPS) is 14.2. The van der Waals surface area contributed by atoms with Gasteiger partial charge >= 0.3 is 30.0 Å². The van der Waals surface area contributed by atoms with Crippen LogP contribution in [0.4, 0.5) is 4.79 Å². The van der Waals surface area contributed by atoms with Crippen LogP contribution < -0.4 is 37.9 Å². The predicted molar refractivity (Wildman–Crippen MR) is 239 cm³/mol. The molecule has 0 amide bonds. The molecule has 0 spiro atoms. The summed E-state index contributed by atoms with van der Waals surface area (Å²) < 4.78 is 57.9. The third kappa shape index (κ3) is 8.68. The molecule has 1 aliphatic heterocycles. The zero-order chi connectivity index (χ0) is 49.4. The highest BCUT2D eigenvalue weighted by Crippen LogP contribution is 2.44. The van der Waals surface area contributed by atoms with Crippen LogP contribution in [-0.2, 0) is 9.47 Å². The molecule has 1 fully saturated rings. The molecule has 17 heteroatoms. The van der Waals surface area contributed by atoms with E-state index >= 15 is 0 Å². The lowest BCUT2D eigenvalue weighted by molar-refractivity contribution is 0.0657. The largest absolute Gasteiger partial charge is 0.509 e. The van der Waals surface area contributed by atoms with E-state index in [1.54, 1.807) is 83.1 Å². The minimum absolute atomic E-state index is 0.0245. The third-order valence-corrected chi connectivity index (χ3v) is 12.5. The van der Waals surface area contributed by atoms with Gasteiger partial charge in [0.1, 0.15) is 81.5 Å². The molecule has 0 bridgehead atoms. The molecule has 17 nitrogen and oxygen atoms in total. The van der Waals surface area contributed by atoms with Crippen molar-refractivity contribution < 1.29 is 81.6 Å². The van der Waals surface area contributed by atoms with Crippen molar-refractivity contribution in [2.75, 3.05) is 41.7 Å². The fraction of sp³-hybridized carbons (Fsp3) is 0.408. The number of methoxy groups -OCH3 is 4. The standard InChI is InChI=1S/C49H56O17/c1-19-25(7)39(29(11)41(57-13)33(19)45(50)51)65-47(54)35-21(3)23(5)37(27(9)43(35)59-15)61-17-31-32(64-49(56)63-31)18-62-38-24(6)22(4)36(44(60-16)28(38)10)48(55)66-40-26(8)20(2)34(46(52)53)42(58-14)30(40)12/h31-32H,17-18H2,1-16H3,(H,50,51)(H,52,53)/t31-,32-/m0/s1. The van der Waals surface area contributed by atoms with Crippen LogP contribution in [0.1, 0.15) is 108 Å². The molecule has 1 aliphatic rings. The molecule has 66 heavy (non-hydrogen) atoms. The Balaban J connectivity index is 1.39. The second kappa shape index (κ2) is 19.5. The Hall–Kier alpha value is -7.17. The molecule has 0 saturated carbocycles. The second-order valence-corrected chi connectivity index (χ2v) is 16.0. The zero-order valence-corrected chi connectivity index (χ0v) is 40.1. The molecule has 0 aliphatic carbocycles. The highest BCUT2D eigenvalue weighted by Gasteiger charge is 2.39. The van der Waals surface area contributed by atoms with Crippen molar-refractivity contribution in [1.82, 2.24) is 0 Å². The van der Waals surface area contributed by atoms with Gasteiger partial charge in [0.15, 0.2) is 12.2 Å². The summed E-state index contributed by atoms with van der Waals surface area (Å²) in [7, 11) is 5.50. The maximum Gasteiger partial charge on any atom is 0.509 e. The van der Waals surface area contributed by atoms with Crippen LogP contribution in [0.2, 0.25) is 0 Å². The number of hydrogen-bond acceptors (Lipinski definition) is 15. The summed E-state index contributed by atoms with van der Waals surface area (Å²) in [5, 5.41) is 19.7. The first-order chi connectivity index (χ1) is 31.0. The van der Waals surface area contributed by atoms with Crippen molar-refractivity contribution in [1.29, 1.82) is 0 Å². The Morgan fingerprint density at radius 1 is 0.394 bits per heavy atom. The van der Waals surface area contributed by atoms with Gasteiger partial charge in [0.2, 0.25) is 0 Å². The number of ether oxygens (including phenoxy) is 10. The quantitative estimate of drug-likeness (QED) is 0.0794. The molecular weight excluding hydrogens is 861 g/mol. The average molecular weight is 917 g/mol. The maximum atomic E-state index is 14.0. The van der Waals surface area contributed by atoms with Crippen molar-refractivity contribution in [3.63, 3.8) is 0 Å². The topological polar surface area (TPSA) is 218 Å². The van der Waals surface area contributed by atoms with Crippen molar-refractivity contribution in [3.05, 3.63) is 89.0 Å². The summed E-state index contributed by atoms with van der Waals surface area (Å²) in [6.45, 7) is 19.8. The van der Waals surface area contributed by atoms with Gasteiger partial charge in [-0.25, -0.2) is 24.0 Å². The van der Waals surface area contributed by atoms with Crippen LogP contribution in [0, 0.1) is 83.1 Å². The summed E-state index contributed by atoms with van der Waals surface area (Å²) >= 11 is 0. The van der Waals surface area contributed by atoms with E-state index in [0.717, 1.165) is 0 Å². The van der Waals surface area contributed by atoms with Crippen LogP contribution in [0.15, 0.2) is 0 Å². The van der Waals surface area contributed by atoms with Gasteiger partial charge in [-0.15, -0.1) is 0 Å². The maximum absolute atomic E-state index is 14.0. The summed E-state index contributed by atoms with van der Waals surface area (Å²) in [4.78, 5) is 64.6. The molecule has 2 atom stereocenters. The van der Waals surface area contributed by atoms with Crippen molar-refractivity contribution >= 4 is 30.0 Å². The molecule has 0 unspecified atom stereocenters. The third-order valence-electron chi connectivity index (χ3n) is 12.5. The molecule has 4 aromatic rings. The molecule has 1 saturated heterocycles. The van der Waals surface area contributed by atoms with Gasteiger partial charge < -0.3 is 57.6 Å². The van der Waals surface area contributed by atoms with Crippen LogP contribution >= 0.6 is 0 Å². The van der Waals surface area contributed by atoms with E-state index < -0.39 is 42.2 Å². The molecule has 2 N–H and O–H groups in total. The number of carboxylic acid groups (broad SMARTS) is 2. The molecular formula is C49H56O17. The first-order valence-electron chi connectivity index (χ1n) is 20.7. The summed E-state index contributed by atoms with van der Waals surface area (Å²) in [6, 6.07) is 0. The van der Waals surface area contributed by atoms with E-state index in [9.17, 15) is 34.2 Å². The fourth-order valence-corrected chi connectivity index (χ4v) is 8.49. The predicted octanol–water partition coefficient (Wildman–Crippen LogP) is 8.62. The van der Waals surface area contributed by atoms with Gasteiger partial charge in [-0.05, 0) is 128 Å². The van der Waals surface area contributed by atoms with E-state index in [1.165, 1.54) is 28.4 Å². The van der Waals surface area contributed by atoms with Crippen LogP contribution in [0.3, 0.4) is 0 Å². The lowest BCUT2D eigenvalue weighted by Gasteiger charge is -2.24. The van der Waals surface area contributed by atoms with E-state index in [1.807, 2.05) is 0 Å². The van der Waals surface area contributed by atoms with Crippen molar-refractivity contribution in [2.45, 2.75) is 95.3 Å². The van der Waals surface area contributed by atoms with E-state index in [2.05, 4.69) is 0 Å². The number of esters is 2. The number of hydrogen-bond donors (Lipinski definition) is 2. The van der Waals surface area contributed by atoms with E-state index in [-0.39, 0.29) is 70.0 Å². The highest BCUT2D eigenvalue weighted by molar-refractivity contribution is 6.00. The van der Waals surface area contributed by atoms with Gasteiger partial charge in [-0.2, -0.15) is 0 Å². The van der Waals surface area contributed by atoms with Crippen LogP contribution in [0.25, 0.3) is 0 Å². The van der Waals surface area contributed by atoms with Gasteiger partial charge in [0, 0.05) is 22.3 Å². The Labute approximate surface area is 382 Å². The number of carboxylic acids is 2. The second-order valence-electron chi connectivity index (χ2n) is 16.0. The average Bonchev–Trinajstić information content (AvgIpc) is 3.63. The van der Waals surface area contributed by atoms with Crippen molar-refractivity contribution in [2.24, 2.45) is 0 Å². The monoisotopic (exact) mass is 916 g/mol. The Morgan fingerprint density at radius 3 is 0.939 bits per heavy atom. The molecule has 0 aromatic heterocycles. The number of carbonyl (C=O) groups is 5. The minimum Gasteiger partial charge on any atom is -0.495 e. The zero-order valence-electron chi connectivity index (χ0n) is 40.1. The summed E-state index contributed by atoms with van der Waals surface area (Å²) in [5.41, 5.74) is 5.60. The highest BCUT2D eigenvalue weighted by atomic mass is 16.8. The van der Waals surface area contributed by atoms with Gasteiger partial charge in [0.05, 0.1) is 28.4 Å². The van der Waals surface area contributed by atoms with Crippen molar-refractivity contribution in [3.8, 4) is 46.0 Å². The molecule has 1 heterocycles. The first-order valence-corrected chi connectivity index (χ1v) is 20.7. The van der Waals surface area contributed by atoms with Crippen LogP contribution in [-0.4, -0.2) is 94.1 Å². The van der Waals surface area contributed by atoms with E-state index in [0.29, 0.717) is 78.3 Å². The Kier molecular flexibility index (Phi) is 14.7. The number of carbonyl (C=O) groups excluding carboxylic acids is 3. The van der Waals surface area contributed by atoms with E-state index in [4.69, 9.17) is 47.4 Å². The fourth-order valence-electron chi connectivity index (χ4n) is 8.49. The molecule has 354 valence electrons. The Morgan fingerprint density at radius 2 is 0.652 bits per heavy atom.